The van der Waals surface area contributed by atoms with Gasteiger partial charge in [-0.1, -0.05) is 38.6 Å². The molecule has 0 N–H and O–H groups in total. The van der Waals surface area contributed by atoms with Crippen molar-refractivity contribution in [3.8, 4) is 0 Å². The summed E-state index contributed by atoms with van der Waals surface area (Å²) >= 11 is 0. The highest BCUT2D eigenvalue weighted by Gasteiger charge is 2.40. The maximum Gasteiger partial charge on any atom is 0.0200 e. The van der Waals surface area contributed by atoms with Crippen LogP contribution in [0.4, 0.5) is 0 Å². The highest BCUT2D eigenvalue weighted by atomic mass is 28.2. The van der Waals surface area contributed by atoms with Crippen LogP contribution in [-0.4, -0.2) is 14.1 Å². The van der Waals surface area contributed by atoms with Gasteiger partial charge in [-0.15, -0.1) is 0 Å². The van der Waals surface area contributed by atoms with E-state index in [1.807, 2.05) is 0 Å². The zero-order valence-corrected chi connectivity index (χ0v) is 7.89. The van der Waals surface area contributed by atoms with Gasteiger partial charge < -0.3 is 0 Å². The quantitative estimate of drug-likeness (QED) is 0.367. The van der Waals surface area contributed by atoms with Gasteiger partial charge in [-0.2, -0.15) is 0 Å². The second kappa shape index (κ2) is 1.70. The van der Waals surface area contributed by atoms with E-state index in [0.29, 0.717) is 5.04 Å². The van der Waals surface area contributed by atoms with Gasteiger partial charge in [0.25, 0.3) is 0 Å². The molecule has 2 atom stereocenters. The van der Waals surface area contributed by atoms with Crippen molar-refractivity contribution in [2.24, 2.45) is 5.92 Å². The third-order valence-electron chi connectivity index (χ3n) is 2.55. The van der Waals surface area contributed by atoms with Crippen LogP contribution in [0.2, 0.25) is 10.6 Å². The van der Waals surface area contributed by atoms with Crippen molar-refractivity contribution < 1.29 is 0 Å². The predicted octanol–water partition coefficient (Wildman–Crippen LogP) is 2.24. The minimum Gasteiger partial charge on any atom is -0.0954 e. The van der Waals surface area contributed by atoms with Gasteiger partial charge in [0.1, 0.15) is 0 Å². The second-order valence-corrected chi connectivity index (χ2v) is 7.77. The van der Waals surface area contributed by atoms with Crippen molar-refractivity contribution in [1.82, 2.24) is 0 Å². The molecule has 0 aromatic rings. The van der Waals surface area contributed by atoms with Crippen molar-refractivity contribution in [2.75, 3.05) is 0 Å². The Morgan fingerprint density at radius 3 is 2.00 bits per heavy atom. The average molecular weight is 150 g/mol. The Hall–Kier alpha value is -0.173. The van der Waals surface area contributed by atoms with Gasteiger partial charge in [0.2, 0.25) is 0 Å². The molecule has 0 aromatic carbocycles. The Kier molecular flexibility index (Phi) is 1.11. The van der Waals surface area contributed by atoms with Crippen LogP contribution in [0.25, 0.3) is 0 Å². The van der Waals surface area contributed by atoms with Gasteiger partial charge in [0.05, 0.1) is 0 Å². The first-order valence-electron chi connectivity index (χ1n) is 3.99. The molecule has 1 heterocycles. The lowest BCUT2D eigenvalue weighted by atomic mass is 9.95. The molecule has 1 aliphatic carbocycles. The van der Waals surface area contributed by atoms with Gasteiger partial charge in [0.15, 0.2) is 0 Å². The molecule has 0 fully saturated rings. The van der Waals surface area contributed by atoms with E-state index in [4.69, 9.17) is 0 Å². The van der Waals surface area contributed by atoms with Gasteiger partial charge in [-0.3, -0.25) is 0 Å². The molecule has 10 heavy (non-hydrogen) atoms. The van der Waals surface area contributed by atoms with E-state index in [2.05, 4.69) is 38.6 Å². The number of hydrogen-bond donors (Lipinski definition) is 0. The summed E-state index contributed by atoms with van der Waals surface area (Å²) < 4.78 is 0. The van der Waals surface area contributed by atoms with Crippen LogP contribution in [0.5, 0.6) is 0 Å². The van der Waals surface area contributed by atoms with Crippen LogP contribution >= 0.6 is 0 Å². The summed E-state index contributed by atoms with van der Waals surface area (Å²) in [6.45, 7) is 7.13. The van der Waals surface area contributed by atoms with Crippen molar-refractivity contribution >= 4 is 14.1 Å². The fraction of sp³-hybridized carbons (Fsp3) is 0.667. The lowest BCUT2D eigenvalue weighted by Crippen LogP contribution is -2.43. The normalized spacial score (nSPS) is 35.7. The Morgan fingerprint density at radius 1 is 1.20 bits per heavy atom. The lowest BCUT2D eigenvalue weighted by Gasteiger charge is -2.44. The molecule has 0 saturated heterocycles. The lowest BCUT2D eigenvalue weighted by molar-refractivity contribution is 0.680. The first-order chi connectivity index (χ1) is 4.59. The van der Waals surface area contributed by atoms with E-state index in [1.54, 1.807) is 0 Å². The molecule has 0 bridgehead atoms. The monoisotopic (exact) mass is 150 g/mol. The van der Waals surface area contributed by atoms with Gasteiger partial charge in [0, 0.05) is 8.41 Å². The number of allylic oxidation sites excluding steroid dienone is 2. The summed E-state index contributed by atoms with van der Waals surface area (Å²) in [5.74, 6) is 0.896. The molecule has 2 rings (SSSR count). The van der Waals surface area contributed by atoms with Crippen molar-refractivity contribution in [2.45, 2.75) is 31.4 Å². The van der Waals surface area contributed by atoms with E-state index in [-0.39, 0.29) is 8.41 Å². The predicted molar refractivity (Wildman–Crippen MR) is 47.9 cm³/mol. The highest BCUT2D eigenvalue weighted by molar-refractivity contribution is 6.76. The van der Waals surface area contributed by atoms with E-state index in [0.717, 1.165) is 11.5 Å². The Bertz CT molecular complexity index is 217. The molecular weight excluding hydrogens is 136 g/mol. The molecule has 0 saturated carbocycles. The summed E-state index contributed by atoms with van der Waals surface area (Å²) in [5, 5.41) is 0.594. The molecule has 0 nitrogen and oxygen atoms in total. The topological polar surface area (TPSA) is 0 Å². The Morgan fingerprint density at radius 2 is 1.90 bits per heavy atom. The maximum absolute atomic E-state index is 2.59. The first kappa shape index (κ1) is 6.53. The van der Waals surface area contributed by atoms with Crippen molar-refractivity contribution in [3.05, 3.63) is 12.2 Å². The zero-order valence-electron chi connectivity index (χ0n) is 6.89. The molecule has 1 heteroatoms. The smallest absolute Gasteiger partial charge is 0.0200 e. The Labute approximate surface area is 64.2 Å². The number of rotatable bonds is 0. The zero-order chi connectivity index (χ0) is 7.35. The Balaban J connectivity index is 2.18. The molecule has 2 aliphatic rings. The summed E-state index contributed by atoms with van der Waals surface area (Å²) in [5.41, 5.74) is 3.60. The summed E-state index contributed by atoms with van der Waals surface area (Å²) in [6, 6.07) is 0. The van der Waals surface area contributed by atoms with Crippen LogP contribution < -0.4 is 0 Å². The molecule has 0 aromatic heterocycles. The van der Waals surface area contributed by atoms with Crippen molar-refractivity contribution in [3.63, 3.8) is 0 Å². The molecule has 0 amide bonds. The SMILES string of the molecule is CC(C)(C)[Si]1=CC2C=CC21. The second-order valence-electron chi connectivity index (χ2n) is 4.36. The average Bonchev–Trinajstić information content (AvgIpc) is 1.74. The molecule has 54 valence electrons. The first-order valence-corrected chi connectivity index (χ1v) is 5.65. The summed E-state index contributed by atoms with van der Waals surface area (Å²) in [4.78, 5) is 0. The highest BCUT2D eigenvalue weighted by Crippen LogP contribution is 2.45. The van der Waals surface area contributed by atoms with Gasteiger partial charge in [-0.25, -0.2) is 0 Å². The molecule has 2 unspecified atom stereocenters. The van der Waals surface area contributed by atoms with Gasteiger partial charge in [-0.05, 0) is 16.5 Å². The minimum atomic E-state index is -0.115. The summed E-state index contributed by atoms with van der Waals surface area (Å²) in [6.07, 6.45) is 4.74. The standard InChI is InChI=1S/C9H14Si/c1-9(2,3)10-6-7-4-5-8(7)10/h4-8H,1-3H3. The fourth-order valence-corrected chi connectivity index (χ4v) is 4.83. The maximum atomic E-state index is 2.59. The largest absolute Gasteiger partial charge is 0.0954 e. The third kappa shape index (κ3) is 0.700. The molecule has 0 radical (unpaired) electrons. The molecular formula is C9H14Si. The van der Waals surface area contributed by atoms with E-state index in [9.17, 15) is 0 Å². The van der Waals surface area contributed by atoms with E-state index < -0.39 is 0 Å². The van der Waals surface area contributed by atoms with Crippen LogP contribution in [-0.2, 0) is 0 Å². The van der Waals surface area contributed by atoms with Crippen LogP contribution in [0.3, 0.4) is 0 Å². The third-order valence-corrected chi connectivity index (χ3v) is 6.32. The minimum absolute atomic E-state index is 0.115. The van der Waals surface area contributed by atoms with Gasteiger partial charge >= 0.3 is 0 Å². The van der Waals surface area contributed by atoms with Crippen molar-refractivity contribution in [1.29, 1.82) is 0 Å². The fourth-order valence-electron chi connectivity index (χ4n) is 1.77. The van der Waals surface area contributed by atoms with Crippen LogP contribution in [0, 0.1) is 5.92 Å². The van der Waals surface area contributed by atoms with E-state index in [1.165, 1.54) is 0 Å². The van der Waals surface area contributed by atoms with E-state index >= 15 is 0 Å². The number of hydrogen-bond acceptors (Lipinski definition) is 0. The number of fused-ring (bicyclic) bond motifs is 1. The molecule has 0 spiro atoms. The van der Waals surface area contributed by atoms with Crippen LogP contribution in [0.15, 0.2) is 12.2 Å². The van der Waals surface area contributed by atoms with Crippen LogP contribution in [0.1, 0.15) is 20.8 Å². The molecule has 1 aliphatic heterocycles. The summed E-state index contributed by atoms with van der Waals surface area (Å²) in [7, 11) is -0.115.